The molecule has 2 rings (SSSR count). The zero-order chi connectivity index (χ0) is 16.1. The van der Waals surface area contributed by atoms with Crippen molar-refractivity contribution in [3.8, 4) is 0 Å². The summed E-state index contributed by atoms with van der Waals surface area (Å²) < 4.78 is 13.0. The van der Waals surface area contributed by atoms with Gasteiger partial charge >= 0.3 is 5.97 Å². The molecule has 0 saturated heterocycles. The predicted molar refractivity (Wildman–Crippen MR) is 77.8 cm³/mol. The Morgan fingerprint density at radius 1 is 1.23 bits per heavy atom. The van der Waals surface area contributed by atoms with Crippen LogP contribution in [0.2, 0.25) is 0 Å². The van der Waals surface area contributed by atoms with Crippen LogP contribution in [0.1, 0.15) is 34.2 Å². The SMILES string of the molecule is Cc1cccc(C(=O)NC(CC(=O)O)c2ccc(F)cc2)n1. The highest BCUT2D eigenvalue weighted by atomic mass is 19.1. The second-order valence-electron chi connectivity index (χ2n) is 4.84. The molecule has 0 fully saturated rings. The lowest BCUT2D eigenvalue weighted by molar-refractivity contribution is -0.137. The van der Waals surface area contributed by atoms with Crippen LogP contribution in [0.3, 0.4) is 0 Å². The second kappa shape index (κ2) is 6.80. The van der Waals surface area contributed by atoms with E-state index in [4.69, 9.17) is 5.11 Å². The molecule has 0 aliphatic carbocycles. The lowest BCUT2D eigenvalue weighted by Gasteiger charge is -2.17. The zero-order valence-corrected chi connectivity index (χ0v) is 11.9. The van der Waals surface area contributed by atoms with E-state index in [0.29, 0.717) is 11.3 Å². The zero-order valence-electron chi connectivity index (χ0n) is 11.9. The van der Waals surface area contributed by atoms with Crippen LogP contribution < -0.4 is 5.32 Å². The van der Waals surface area contributed by atoms with Crippen molar-refractivity contribution in [1.82, 2.24) is 10.3 Å². The van der Waals surface area contributed by atoms with Gasteiger partial charge in [-0.3, -0.25) is 9.59 Å². The van der Waals surface area contributed by atoms with E-state index in [-0.39, 0.29) is 12.1 Å². The van der Waals surface area contributed by atoms with Crippen molar-refractivity contribution in [2.24, 2.45) is 0 Å². The van der Waals surface area contributed by atoms with Crippen molar-refractivity contribution in [2.75, 3.05) is 0 Å². The summed E-state index contributed by atoms with van der Waals surface area (Å²) in [6, 6.07) is 9.59. The third-order valence-electron chi connectivity index (χ3n) is 3.08. The number of carbonyl (C=O) groups excluding carboxylic acids is 1. The summed E-state index contributed by atoms with van der Waals surface area (Å²) in [5.41, 5.74) is 1.41. The monoisotopic (exact) mass is 302 g/mol. The molecular formula is C16H15FN2O3. The average Bonchev–Trinajstić information content (AvgIpc) is 2.47. The molecule has 5 nitrogen and oxygen atoms in total. The molecule has 0 saturated carbocycles. The van der Waals surface area contributed by atoms with Gasteiger partial charge in [-0.1, -0.05) is 18.2 Å². The molecule has 1 atom stereocenters. The number of aliphatic carboxylic acids is 1. The number of carbonyl (C=O) groups is 2. The number of carboxylic acid groups (broad SMARTS) is 1. The van der Waals surface area contributed by atoms with Gasteiger partial charge in [-0.2, -0.15) is 0 Å². The van der Waals surface area contributed by atoms with Gasteiger partial charge < -0.3 is 10.4 Å². The lowest BCUT2D eigenvalue weighted by atomic mass is 10.0. The van der Waals surface area contributed by atoms with Gasteiger partial charge in [0.05, 0.1) is 12.5 Å². The molecule has 6 heteroatoms. The molecule has 0 bridgehead atoms. The second-order valence-corrected chi connectivity index (χ2v) is 4.84. The van der Waals surface area contributed by atoms with E-state index >= 15 is 0 Å². The molecule has 1 unspecified atom stereocenters. The third-order valence-corrected chi connectivity index (χ3v) is 3.08. The van der Waals surface area contributed by atoms with E-state index in [9.17, 15) is 14.0 Å². The number of halogens is 1. The van der Waals surface area contributed by atoms with Crippen LogP contribution in [-0.2, 0) is 4.79 Å². The van der Waals surface area contributed by atoms with E-state index in [1.165, 1.54) is 24.3 Å². The maximum atomic E-state index is 13.0. The van der Waals surface area contributed by atoms with Crippen molar-refractivity contribution in [3.05, 3.63) is 65.2 Å². The molecule has 0 spiro atoms. The number of aryl methyl sites for hydroxylation is 1. The van der Waals surface area contributed by atoms with Gasteiger partial charge in [0.1, 0.15) is 11.5 Å². The summed E-state index contributed by atoms with van der Waals surface area (Å²) in [5.74, 6) is -1.96. The Labute approximate surface area is 126 Å². The molecule has 1 aromatic heterocycles. The number of hydrogen-bond acceptors (Lipinski definition) is 3. The first-order chi connectivity index (χ1) is 10.5. The molecule has 114 valence electrons. The molecule has 0 aliphatic rings. The predicted octanol–water partition coefficient (Wildman–Crippen LogP) is 2.47. The van der Waals surface area contributed by atoms with E-state index in [1.54, 1.807) is 25.1 Å². The third kappa shape index (κ3) is 4.12. The van der Waals surface area contributed by atoms with Crippen LogP contribution in [0, 0.1) is 12.7 Å². The van der Waals surface area contributed by atoms with Crippen LogP contribution in [0.4, 0.5) is 4.39 Å². The summed E-state index contributed by atoms with van der Waals surface area (Å²) in [5, 5.41) is 11.6. The van der Waals surface area contributed by atoms with Crippen molar-refractivity contribution in [3.63, 3.8) is 0 Å². The minimum atomic E-state index is -1.06. The van der Waals surface area contributed by atoms with Crippen molar-refractivity contribution in [2.45, 2.75) is 19.4 Å². The first-order valence-electron chi connectivity index (χ1n) is 6.67. The Bertz CT molecular complexity index is 686. The summed E-state index contributed by atoms with van der Waals surface area (Å²) in [6.45, 7) is 1.76. The highest BCUT2D eigenvalue weighted by molar-refractivity contribution is 5.92. The summed E-state index contributed by atoms with van der Waals surface area (Å²) in [6.07, 6.45) is -0.302. The average molecular weight is 302 g/mol. The Balaban J connectivity index is 2.21. The standard InChI is InChI=1S/C16H15FN2O3/c1-10-3-2-4-13(18-10)16(22)19-14(9-15(20)21)11-5-7-12(17)8-6-11/h2-8,14H,9H2,1H3,(H,19,22)(H,20,21). The number of nitrogens with one attached hydrogen (secondary N) is 1. The van der Waals surface area contributed by atoms with Crippen LogP contribution in [0.5, 0.6) is 0 Å². The van der Waals surface area contributed by atoms with Crippen molar-refractivity contribution < 1.29 is 19.1 Å². The molecule has 0 aliphatic heterocycles. The van der Waals surface area contributed by atoms with Gasteiger partial charge in [0.25, 0.3) is 5.91 Å². The number of hydrogen-bond donors (Lipinski definition) is 2. The molecule has 2 N–H and O–H groups in total. The fourth-order valence-corrected chi connectivity index (χ4v) is 2.02. The van der Waals surface area contributed by atoms with Gasteiger partial charge in [0.2, 0.25) is 0 Å². The van der Waals surface area contributed by atoms with Crippen molar-refractivity contribution >= 4 is 11.9 Å². The summed E-state index contributed by atoms with van der Waals surface area (Å²) in [7, 11) is 0. The number of nitrogens with zero attached hydrogens (tertiary/aromatic N) is 1. The Morgan fingerprint density at radius 3 is 2.50 bits per heavy atom. The van der Waals surface area contributed by atoms with E-state index in [1.807, 2.05) is 0 Å². The largest absolute Gasteiger partial charge is 0.481 e. The Hall–Kier alpha value is -2.76. The minimum Gasteiger partial charge on any atom is -0.481 e. The van der Waals surface area contributed by atoms with Crippen LogP contribution >= 0.6 is 0 Å². The Kier molecular flexibility index (Phi) is 4.83. The first kappa shape index (κ1) is 15.6. The Morgan fingerprint density at radius 2 is 1.91 bits per heavy atom. The molecule has 1 amide bonds. The number of pyridine rings is 1. The van der Waals surface area contributed by atoms with Crippen LogP contribution in [0.15, 0.2) is 42.5 Å². The van der Waals surface area contributed by atoms with Gasteiger partial charge in [-0.15, -0.1) is 0 Å². The number of aromatic nitrogens is 1. The van der Waals surface area contributed by atoms with E-state index < -0.39 is 23.7 Å². The number of benzene rings is 1. The lowest BCUT2D eigenvalue weighted by Crippen LogP contribution is -2.30. The van der Waals surface area contributed by atoms with Crippen LogP contribution in [-0.4, -0.2) is 22.0 Å². The molecule has 1 heterocycles. The maximum absolute atomic E-state index is 13.0. The van der Waals surface area contributed by atoms with Gasteiger partial charge in [0.15, 0.2) is 0 Å². The number of rotatable bonds is 5. The quantitative estimate of drug-likeness (QED) is 0.889. The fourth-order valence-electron chi connectivity index (χ4n) is 2.02. The topological polar surface area (TPSA) is 79.3 Å². The van der Waals surface area contributed by atoms with Gasteiger partial charge in [-0.25, -0.2) is 9.37 Å². The van der Waals surface area contributed by atoms with Gasteiger partial charge in [0, 0.05) is 5.69 Å². The molecule has 0 radical (unpaired) electrons. The van der Waals surface area contributed by atoms with Crippen molar-refractivity contribution in [1.29, 1.82) is 0 Å². The first-order valence-corrected chi connectivity index (χ1v) is 6.67. The number of carboxylic acids is 1. The number of amides is 1. The molecule has 22 heavy (non-hydrogen) atoms. The minimum absolute atomic E-state index is 0.206. The molecule has 2 aromatic rings. The highest BCUT2D eigenvalue weighted by Crippen LogP contribution is 2.18. The van der Waals surface area contributed by atoms with Gasteiger partial charge in [-0.05, 0) is 36.8 Å². The fraction of sp³-hybridized carbons (Fsp3) is 0.188. The molecule has 1 aromatic carbocycles. The van der Waals surface area contributed by atoms with Crippen LogP contribution in [0.25, 0.3) is 0 Å². The smallest absolute Gasteiger partial charge is 0.305 e. The van der Waals surface area contributed by atoms with E-state index in [2.05, 4.69) is 10.3 Å². The summed E-state index contributed by atoms with van der Waals surface area (Å²) >= 11 is 0. The van der Waals surface area contributed by atoms with E-state index in [0.717, 1.165) is 0 Å². The normalized spacial score (nSPS) is 11.7. The highest BCUT2D eigenvalue weighted by Gasteiger charge is 2.19. The summed E-state index contributed by atoms with van der Waals surface area (Å²) in [4.78, 5) is 27.3. The maximum Gasteiger partial charge on any atom is 0.305 e. The molecular weight excluding hydrogens is 287 g/mol.